The Labute approximate surface area is 161 Å². The van der Waals surface area contributed by atoms with Crippen molar-refractivity contribution in [1.82, 2.24) is 20.4 Å². The molecule has 2 aliphatic heterocycles. The summed E-state index contributed by atoms with van der Waals surface area (Å²) in [5, 5.41) is 10.0. The van der Waals surface area contributed by atoms with Crippen molar-refractivity contribution < 1.29 is 9.32 Å². The lowest BCUT2D eigenvalue weighted by Crippen LogP contribution is -2.48. The normalized spacial score (nSPS) is 25.2. The minimum atomic E-state index is -0.0551. The van der Waals surface area contributed by atoms with Crippen LogP contribution in [0.4, 0.5) is 0 Å². The summed E-state index contributed by atoms with van der Waals surface area (Å²) in [7, 11) is 2.21. The molecule has 6 nitrogen and oxygen atoms in total. The van der Waals surface area contributed by atoms with Crippen LogP contribution in [0.5, 0.6) is 0 Å². The van der Waals surface area contributed by atoms with Crippen LogP contribution in [0.15, 0.2) is 28.1 Å². The van der Waals surface area contributed by atoms with E-state index in [1.165, 1.54) is 12.8 Å². The molecule has 2 aliphatic rings. The second-order valence-corrected chi connectivity index (χ2v) is 8.62. The summed E-state index contributed by atoms with van der Waals surface area (Å²) in [5.41, 5.74) is 2.48. The minimum Gasteiger partial charge on any atom is -0.349 e. The van der Waals surface area contributed by atoms with Crippen LogP contribution >= 0.6 is 11.3 Å². The molecule has 2 fully saturated rings. The summed E-state index contributed by atoms with van der Waals surface area (Å²) < 4.78 is 5.38. The summed E-state index contributed by atoms with van der Waals surface area (Å²) in [6.07, 6.45) is 4.52. The molecular formula is C20H22N4O2S. The first-order valence-corrected chi connectivity index (χ1v) is 10.3. The number of nitrogens with zero attached hydrogens (tertiary/aromatic N) is 3. The Bertz CT molecular complexity index is 983. The molecule has 2 atom stereocenters. The lowest BCUT2D eigenvalue weighted by molar-refractivity contribution is 0.0884. The van der Waals surface area contributed by atoms with Gasteiger partial charge in [0.2, 0.25) is 0 Å². The van der Waals surface area contributed by atoms with Crippen LogP contribution < -0.4 is 5.32 Å². The van der Waals surface area contributed by atoms with Crippen LogP contribution in [-0.2, 0) is 0 Å². The molecule has 5 heterocycles. The van der Waals surface area contributed by atoms with Gasteiger partial charge in [-0.25, -0.2) is 4.98 Å². The lowest BCUT2D eigenvalue weighted by atomic mass is 9.97. The third-order valence-electron chi connectivity index (χ3n) is 6.07. The zero-order valence-corrected chi connectivity index (χ0v) is 16.3. The molecule has 0 unspecified atom stereocenters. The van der Waals surface area contributed by atoms with Gasteiger partial charge in [-0.2, -0.15) is 0 Å². The van der Waals surface area contributed by atoms with Crippen molar-refractivity contribution in [1.29, 1.82) is 0 Å². The van der Waals surface area contributed by atoms with E-state index in [1.54, 1.807) is 11.3 Å². The van der Waals surface area contributed by atoms with Gasteiger partial charge in [-0.15, -0.1) is 11.3 Å². The number of rotatable bonds is 3. The Balaban J connectivity index is 1.48. The summed E-state index contributed by atoms with van der Waals surface area (Å²) in [6, 6.07) is 7.25. The molecule has 7 heteroatoms. The van der Waals surface area contributed by atoms with Gasteiger partial charge in [0, 0.05) is 18.1 Å². The van der Waals surface area contributed by atoms with Crippen molar-refractivity contribution in [3.63, 3.8) is 0 Å². The Kier molecular flexibility index (Phi) is 4.02. The van der Waals surface area contributed by atoms with Gasteiger partial charge in [-0.05, 0) is 57.2 Å². The first-order valence-electron chi connectivity index (χ1n) is 9.44. The maximum Gasteiger partial charge on any atom is 0.259 e. The average molecular weight is 382 g/mol. The number of hydrogen-bond donors (Lipinski definition) is 1. The van der Waals surface area contributed by atoms with E-state index in [9.17, 15) is 4.79 Å². The number of hydrogen-bond acceptors (Lipinski definition) is 6. The van der Waals surface area contributed by atoms with Gasteiger partial charge in [0.15, 0.2) is 0 Å². The van der Waals surface area contributed by atoms with E-state index >= 15 is 0 Å². The molecule has 0 saturated carbocycles. The van der Waals surface area contributed by atoms with Gasteiger partial charge in [-0.1, -0.05) is 11.2 Å². The lowest BCUT2D eigenvalue weighted by Gasteiger charge is -2.36. The largest absolute Gasteiger partial charge is 0.349 e. The van der Waals surface area contributed by atoms with Crippen molar-refractivity contribution in [3.8, 4) is 10.6 Å². The summed E-state index contributed by atoms with van der Waals surface area (Å²) in [4.78, 5) is 21.3. The van der Waals surface area contributed by atoms with Crippen LogP contribution in [0.25, 0.3) is 21.7 Å². The predicted molar refractivity (Wildman–Crippen MR) is 105 cm³/mol. The smallest absolute Gasteiger partial charge is 0.259 e. The number of carbonyl (C=O) groups is 1. The van der Waals surface area contributed by atoms with Crippen LogP contribution in [0.2, 0.25) is 0 Å². The molecule has 2 bridgehead atoms. The molecule has 3 aromatic heterocycles. The third-order valence-corrected chi connectivity index (χ3v) is 6.96. The van der Waals surface area contributed by atoms with Gasteiger partial charge in [0.05, 0.1) is 27.2 Å². The Morgan fingerprint density at radius 3 is 2.81 bits per heavy atom. The van der Waals surface area contributed by atoms with E-state index in [1.807, 2.05) is 30.5 Å². The Morgan fingerprint density at radius 1 is 1.33 bits per heavy atom. The van der Waals surface area contributed by atoms with Gasteiger partial charge in [-0.3, -0.25) is 4.79 Å². The first kappa shape index (κ1) is 16.9. The van der Waals surface area contributed by atoms with Gasteiger partial charge < -0.3 is 14.7 Å². The molecule has 5 rings (SSSR count). The van der Waals surface area contributed by atoms with Crippen LogP contribution in [0.3, 0.4) is 0 Å². The maximum absolute atomic E-state index is 13.2. The fourth-order valence-corrected chi connectivity index (χ4v) is 5.30. The van der Waals surface area contributed by atoms with Crippen molar-refractivity contribution in [2.75, 3.05) is 7.05 Å². The number of fused-ring (bicyclic) bond motifs is 3. The topological polar surface area (TPSA) is 71.3 Å². The molecule has 27 heavy (non-hydrogen) atoms. The Hall–Kier alpha value is -2.25. The number of piperidine rings is 1. The molecule has 0 spiro atoms. The van der Waals surface area contributed by atoms with Crippen LogP contribution in [-0.4, -0.2) is 46.1 Å². The van der Waals surface area contributed by atoms with E-state index < -0.39 is 0 Å². The Morgan fingerprint density at radius 2 is 2.11 bits per heavy atom. The third kappa shape index (κ3) is 2.85. The van der Waals surface area contributed by atoms with Crippen molar-refractivity contribution >= 4 is 28.3 Å². The molecule has 3 aromatic rings. The van der Waals surface area contributed by atoms with Crippen LogP contribution in [0.1, 0.15) is 41.7 Å². The summed E-state index contributed by atoms with van der Waals surface area (Å²) in [6.45, 7) is 1.85. The quantitative estimate of drug-likeness (QED) is 0.749. The minimum absolute atomic E-state index is 0.0551. The van der Waals surface area contributed by atoms with E-state index in [2.05, 4.69) is 27.4 Å². The zero-order valence-electron chi connectivity index (χ0n) is 15.4. The van der Waals surface area contributed by atoms with E-state index in [4.69, 9.17) is 4.52 Å². The standard InChI is InChI=1S/C20H22N4O2S/c1-11-18-15(10-16(17-4-3-7-27-17)22-20(18)26-23-11)19(25)21-12-8-13-5-6-14(9-12)24(13)2/h3-4,7,10,12-14H,5-6,8-9H2,1-2H3,(H,21,25)/t13-,14-/m1/s1. The predicted octanol–water partition coefficient (Wildman–Crippen LogP) is 3.61. The first-order chi connectivity index (χ1) is 13.1. The SMILES string of the molecule is Cc1noc2nc(-c3cccs3)cc(C(=O)NC3C[C@H]4CC[C@H](C3)N4C)c12. The molecular weight excluding hydrogens is 360 g/mol. The second kappa shape index (κ2) is 6.42. The highest BCUT2D eigenvalue weighted by atomic mass is 32.1. The molecule has 0 radical (unpaired) electrons. The van der Waals surface area contributed by atoms with Crippen LogP contribution in [0, 0.1) is 6.92 Å². The summed E-state index contributed by atoms with van der Waals surface area (Å²) in [5.74, 6) is -0.0551. The fraction of sp³-hybridized carbons (Fsp3) is 0.450. The molecule has 140 valence electrons. The number of thiophene rings is 1. The van der Waals surface area contributed by atoms with E-state index in [0.29, 0.717) is 34.4 Å². The van der Waals surface area contributed by atoms with Crippen molar-refractivity contribution in [3.05, 3.63) is 34.8 Å². The van der Waals surface area contributed by atoms with E-state index in [0.717, 1.165) is 23.4 Å². The average Bonchev–Trinajstić information content (AvgIpc) is 3.35. The monoisotopic (exact) mass is 382 g/mol. The zero-order chi connectivity index (χ0) is 18.5. The molecule has 0 aromatic carbocycles. The molecule has 2 saturated heterocycles. The highest BCUT2D eigenvalue weighted by molar-refractivity contribution is 7.13. The van der Waals surface area contributed by atoms with Crippen molar-refractivity contribution in [2.24, 2.45) is 0 Å². The number of nitrogens with one attached hydrogen (secondary N) is 1. The highest BCUT2D eigenvalue weighted by Gasteiger charge is 2.39. The van der Waals surface area contributed by atoms with Gasteiger partial charge in [0.1, 0.15) is 0 Å². The molecule has 0 aliphatic carbocycles. The highest BCUT2D eigenvalue weighted by Crippen LogP contribution is 2.35. The fourth-order valence-electron chi connectivity index (χ4n) is 4.62. The number of carbonyl (C=O) groups excluding carboxylic acids is 1. The number of pyridine rings is 1. The van der Waals surface area contributed by atoms with Gasteiger partial charge >= 0.3 is 0 Å². The maximum atomic E-state index is 13.2. The number of aromatic nitrogens is 2. The second-order valence-electron chi connectivity index (χ2n) is 7.67. The molecule has 1 amide bonds. The number of amides is 1. The van der Waals surface area contributed by atoms with Crippen molar-refractivity contribution in [2.45, 2.75) is 50.7 Å². The van der Waals surface area contributed by atoms with E-state index in [-0.39, 0.29) is 11.9 Å². The summed E-state index contributed by atoms with van der Waals surface area (Å²) >= 11 is 1.59. The van der Waals surface area contributed by atoms with Gasteiger partial charge in [0.25, 0.3) is 11.6 Å². The number of aryl methyl sites for hydroxylation is 1. The molecule has 1 N–H and O–H groups in total.